The van der Waals surface area contributed by atoms with Crippen LogP contribution in [0.3, 0.4) is 0 Å². The van der Waals surface area contributed by atoms with Crippen LogP contribution >= 0.6 is 0 Å². The van der Waals surface area contributed by atoms with Crippen LogP contribution in [0.25, 0.3) is 0 Å². The van der Waals surface area contributed by atoms with Gasteiger partial charge in [0.1, 0.15) is 18.3 Å². The van der Waals surface area contributed by atoms with Crippen LogP contribution in [-0.2, 0) is 23.7 Å². The molecule has 1 saturated heterocycles. The molecular formula is C34H31N2O9+. The molecule has 1 aliphatic heterocycles. The summed E-state index contributed by atoms with van der Waals surface area (Å²) in [5, 5.41) is 0. The zero-order chi connectivity index (χ0) is 31.8. The van der Waals surface area contributed by atoms with E-state index in [9.17, 15) is 19.2 Å². The minimum absolute atomic E-state index is 0.0490. The SMILES string of the molecule is CCOC(=O)c1c[n+]([C@@H]2O[C@@H](COC(=O)c3ccccc3)[C@@H](OC(=O)c3ccccc3)[C@H]2OC(=O)c2ccccc2)ccc1N. The number of nitrogens with zero attached hydrogens (tertiary/aromatic N) is 1. The molecular weight excluding hydrogens is 580 g/mol. The van der Waals surface area contributed by atoms with E-state index in [-0.39, 0.29) is 35.6 Å². The maximum absolute atomic E-state index is 13.3. The van der Waals surface area contributed by atoms with Gasteiger partial charge in [0, 0.05) is 6.07 Å². The summed E-state index contributed by atoms with van der Waals surface area (Å²) in [6, 6.07) is 26.3. The van der Waals surface area contributed by atoms with E-state index in [4.69, 9.17) is 29.4 Å². The fourth-order valence-electron chi connectivity index (χ4n) is 4.76. The maximum Gasteiger partial charge on any atom is 0.346 e. The van der Waals surface area contributed by atoms with Crippen LogP contribution in [0.1, 0.15) is 54.6 Å². The van der Waals surface area contributed by atoms with Crippen molar-refractivity contribution in [3.05, 3.63) is 132 Å². The van der Waals surface area contributed by atoms with E-state index in [2.05, 4.69) is 0 Å². The molecule has 1 aromatic heterocycles. The predicted molar refractivity (Wildman–Crippen MR) is 159 cm³/mol. The second kappa shape index (κ2) is 14.3. The Morgan fingerprint density at radius 2 is 1.20 bits per heavy atom. The third-order valence-corrected chi connectivity index (χ3v) is 6.98. The number of hydrogen-bond donors (Lipinski definition) is 1. The van der Waals surface area contributed by atoms with Crippen LogP contribution in [0.5, 0.6) is 0 Å². The summed E-state index contributed by atoms with van der Waals surface area (Å²) in [5.74, 6) is -2.71. The van der Waals surface area contributed by atoms with Gasteiger partial charge in [0.25, 0.3) is 0 Å². The van der Waals surface area contributed by atoms with Gasteiger partial charge in [0.2, 0.25) is 6.10 Å². The van der Waals surface area contributed by atoms with Gasteiger partial charge in [-0.15, -0.1) is 0 Å². The van der Waals surface area contributed by atoms with Gasteiger partial charge in [-0.1, -0.05) is 54.6 Å². The molecule has 4 aromatic rings. The first-order valence-corrected chi connectivity index (χ1v) is 14.2. The molecule has 0 amide bonds. The number of carbonyl (C=O) groups excluding carboxylic acids is 4. The summed E-state index contributed by atoms with van der Waals surface area (Å²) in [5.41, 5.74) is 7.07. The minimum atomic E-state index is -1.26. The third kappa shape index (κ3) is 7.34. The molecule has 3 aromatic carbocycles. The summed E-state index contributed by atoms with van der Waals surface area (Å²) < 4.78 is 30.4. The highest BCUT2D eigenvalue weighted by Gasteiger charge is 2.55. The van der Waals surface area contributed by atoms with Crippen LogP contribution in [0.15, 0.2) is 109 Å². The van der Waals surface area contributed by atoms with Crippen LogP contribution in [0, 0.1) is 0 Å². The summed E-state index contributed by atoms with van der Waals surface area (Å²) in [4.78, 5) is 52.1. The standard InChI is InChI=1S/C34H30N2O9/c1-2-41-34(40)25-20-36(19-18-26(25)35)30-29(45-33(39)24-16-10-5-11-17-24)28(44-32(38)23-14-8-4-9-15-23)27(43-30)21-42-31(37)22-12-6-3-7-13-22/h3-20,27-30,35H,2,21H2,1H3/p+1/t27-,28+,29+,30+/m0/s1. The van der Waals surface area contributed by atoms with Crippen molar-refractivity contribution < 1.29 is 47.4 Å². The highest BCUT2D eigenvalue weighted by atomic mass is 16.7. The van der Waals surface area contributed by atoms with E-state index >= 15 is 0 Å². The molecule has 1 aliphatic rings. The average molecular weight is 612 g/mol. The van der Waals surface area contributed by atoms with Gasteiger partial charge in [-0.2, -0.15) is 4.57 Å². The third-order valence-electron chi connectivity index (χ3n) is 6.98. The van der Waals surface area contributed by atoms with E-state index < -0.39 is 48.4 Å². The lowest BCUT2D eigenvalue weighted by Crippen LogP contribution is -2.49. The fraction of sp³-hybridized carbons (Fsp3) is 0.206. The number of benzene rings is 3. The van der Waals surface area contributed by atoms with E-state index in [1.165, 1.54) is 23.0 Å². The lowest BCUT2D eigenvalue weighted by molar-refractivity contribution is -0.765. The van der Waals surface area contributed by atoms with Crippen molar-refractivity contribution in [2.45, 2.75) is 31.5 Å². The Hall–Kier alpha value is -5.55. The molecule has 0 bridgehead atoms. The molecule has 0 unspecified atom stereocenters. The van der Waals surface area contributed by atoms with Crippen LogP contribution in [-0.4, -0.2) is 55.4 Å². The number of nitrogens with two attached hydrogens (primary N) is 1. The number of ether oxygens (including phenoxy) is 5. The number of carbonyl (C=O) groups is 4. The molecule has 4 atom stereocenters. The van der Waals surface area contributed by atoms with Gasteiger partial charge < -0.3 is 29.4 Å². The van der Waals surface area contributed by atoms with Crippen LogP contribution in [0.2, 0.25) is 0 Å². The summed E-state index contributed by atoms with van der Waals surface area (Å²) in [6.07, 6.45) is -1.79. The lowest BCUT2D eigenvalue weighted by atomic mass is 10.1. The molecule has 0 aliphatic carbocycles. The van der Waals surface area contributed by atoms with Gasteiger partial charge in [-0.05, 0) is 43.3 Å². The van der Waals surface area contributed by atoms with E-state index in [1.807, 2.05) is 0 Å². The van der Waals surface area contributed by atoms with E-state index in [0.29, 0.717) is 5.56 Å². The Labute approximate surface area is 259 Å². The zero-order valence-electron chi connectivity index (χ0n) is 24.3. The van der Waals surface area contributed by atoms with Gasteiger partial charge in [0.15, 0.2) is 18.5 Å². The van der Waals surface area contributed by atoms with Crippen molar-refractivity contribution in [3.63, 3.8) is 0 Å². The number of anilines is 1. The molecule has 11 nitrogen and oxygen atoms in total. The first-order valence-electron chi connectivity index (χ1n) is 14.2. The summed E-state index contributed by atoms with van der Waals surface area (Å²) in [7, 11) is 0. The quantitative estimate of drug-likeness (QED) is 0.159. The van der Waals surface area contributed by atoms with Gasteiger partial charge >= 0.3 is 30.1 Å². The molecule has 0 saturated carbocycles. The molecule has 0 radical (unpaired) electrons. The molecule has 11 heteroatoms. The molecule has 45 heavy (non-hydrogen) atoms. The average Bonchev–Trinajstić information content (AvgIpc) is 3.41. The van der Waals surface area contributed by atoms with Crippen molar-refractivity contribution in [1.29, 1.82) is 0 Å². The van der Waals surface area contributed by atoms with Crippen molar-refractivity contribution >= 4 is 29.6 Å². The highest BCUT2D eigenvalue weighted by Crippen LogP contribution is 2.33. The number of pyridine rings is 1. The van der Waals surface area contributed by atoms with E-state index in [1.54, 1.807) is 97.9 Å². The number of esters is 4. The van der Waals surface area contributed by atoms with Gasteiger partial charge in [0.05, 0.1) is 29.0 Å². The Balaban J connectivity index is 1.52. The second-order valence-corrected chi connectivity index (χ2v) is 9.98. The van der Waals surface area contributed by atoms with Crippen LogP contribution in [0.4, 0.5) is 5.69 Å². The van der Waals surface area contributed by atoms with Gasteiger partial charge in [-0.25, -0.2) is 19.2 Å². The van der Waals surface area contributed by atoms with Crippen LogP contribution < -0.4 is 10.3 Å². The molecule has 230 valence electrons. The minimum Gasteiger partial charge on any atom is -0.462 e. The molecule has 1 fully saturated rings. The van der Waals surface area contributed by atoms with Crippen molar-refractivity contribution in [2.75, 3.05) is 18.9 Å². The van der Waals surface area contributed by atoms with Gasteiger partial charge in [-0.3, -0.25) is 0 Å². The Bertz CT molecular complexity index is 1650. The summed E-state index contributed by atoms with van der Waals surface area (Å²) >= 11 is 0. The predicted octanol–water partition coefficient (Wildman–Crippen LogP) is 3.94. The van der Waals surface area contributed by atoms with Crippen molar-refractivity contribution in [1.82, 2.24) is 0 Å². The van der Waals surface area contributed by atoms with Crippen molar-refractivity contribution in [2.24, 2.45) is 0 Å². The highest BCUT2D eigenvalue weighted by molar-refractivity contribution is 5.94. The number of aromatic nitrogens is 1. The van der Waals surface area contributed by atoms with E-state index in [0.717, 1.165) is 0 Å². The maximum atomic E-state index is 13.3. The number of nitrogen functional groups attached to an aromatic ring is 1. The fourth-order valence-corrected chi connectivity index (χ4v) is 4.76. The Morgan fingerprint density at radius 3 is 1.73 bits per heavy atom. The topological polar surface area (TPSA) is 144 Å². The van der Waals surface area contributed by atoms with Crippen molar-refractivity contribution in [3.8, 4) is 0 Å². The molecule has 2 heterocycles. The first-order chi connectivity index (χ1) is 21.9. The largest absolute Gasteiger partial charge is 0.462 e. The number of rotatable bonds is 10. The Kier molecular flexibility index (Phi) is 9.80. The second-order valence-electron chi connectivity index (χ2n) is 9.98. The summed E-state index contributed by atoms with van der Waals surface area (Å²) in [6.45, 7) is 1.44. The normalized spacial score (nSPS) is 18.9. The smallest absolute Gasteiger partial charge is 0.346 e. The first kappa shape index (κ1) is 30.9. The lowest BCUT2D eigenvalue weighted by Gasteiger charge is -2.23. The molecule has 5 rings (SSSR count). The monoisotopic (exact) mass is 611 g/mol. The Morgan fingerprint density at radius 1 is 0.689 bits per heavy atom. The number of hydrogen-bond acceptors (Lipinski definition) is 10. The zero-order valence-corrected chi connectivity index (χ0v) is 24.3. The molecule has 0 spiro atoms. The molecule has 2 N–H and O–H groups in total.